The fourth-order valence-corrected chi connectivity index (χ4v) is 2.49. The van der Waals surface area contributed by atoms with Crippen molar-refractivity contribution >= 4 is 33.3 Å². The van der Waals surface area contributed by atoms with E-state index in [9.17, 15) is 4.79 Å². The molecule has 1 aliphatic heterocycles. The van der Waals surface area contributed by atoms with E-state index in [0.29, 0.717) is 12.2 Å². The fourth-order valence-electron chi connectivity index (χ4n) is 2.14. The quantitative estimate of drug-likeness (QED) is 0.895. The van der Waals surface area contributed by atoms with E-state index in [1.807, 2.05) is 36.4 Å². The maximum atomic E-state index is 12.2. The highest BCUT2D eigenvalue weighted by Gasteiger charge is 2.26. The Balaban J connectivity index is 1.72. The van der Waals surface area contributed by atoms with E-state index in [0.717, 1.165) is 10.2 Å². The molecule has 1 amide bonds. The van der Waals surface area contributed by atoms with Gasteiger partial charge in [-0.3, -0.25) is 4.79 Å². The van der Waals surface area contributed by atoms with Crippen LogP contribution in [0.2, 0.25) is 0 Å². The molecule has 0 radical (unpaired) electrons. The highest BCUT2D eigenvalue weighted by Crippen LogP contribution is 2.26. The molecular formula is C14H12BrN3O. The molecule has 0 bridgehead atoms. The van der Waals surface area contributed by atoms with E-state index in [1.165, 1.54) is 5.56 Å². The number of para-hydroxylation sites is 1. The van der Waals surface area contributed by atoms with E-state index in [2.05, 4.69) is 31.5 Å². The molecule has 0 saturated heterocycles. The van der Waals surface area contributed by atoms with Gasteiger partial charge in [-0.1, -0.05) is 18.2 Å². The van der Waals surface area contributed by atoms with Crippen molar-refractivity contribution in [3.8, 4) is 0 Å². The predicted octanol–water partition coefficient (Wildman–Crippen LogP) is 2.82. The van der Waals surface area contributed by atoms with E-state index < -0.39 is 0 Å². The second-order valence-corrected chi connectivity index (χ2v) is 5.24. The van der Waals surface area contributed by atoms with Gasteiger partial charge in [-0.2, -0.15) is 0 Å². The maximum Gasteiger partial charge on any atom is 0.248 e. The van der Waals surface area contributed by atoms with Crippen molar-refractivity contribution in [1.82, 2.24) is 4.98 Å². The van der Waals surface area contributed by atoms with Gasteiger partial charge in [0.1, 0.15) is 11.9 Å². The van der Waals surface area contributed by atoms with Gasteiger partial charge in [0.15, 0.2) is 0 Å². The first-order valence-electron chi connectivity index (χ1n) is 6.00. The summed E-state index contributed by atoms with van der Waals surface area (Å²) in [7, 11) is 0. The Bertz CT molecular complexity index is 605. The molecule has 0 fully saturated rings. The Morgan fingerprint density at radius 2 is 2.16 bits per heavy atom. The van der Waals surface area contributed by atoms with Crippen molar-refractivity contribution in [3.63, 3.8) is 0 Å². The molecule has 0 spiro atoms. The number of fused-ring (bicyclic) bond motifs is 1. The number of benzene rings is 1. The monoisotopic (exact) mass is 317 g/mol. The number of nitrogens with zero attached hydrogens (tertiary/aromatic N) is 1. The summed E-state index contributed by atoms with van der Waals surface area (Å²) in [5.74, 6) is 0.473. The van der Waals surface area contributed by atoms with Gasteiger partial charge in [0.2, 0.25) is 5.91 Å². The molecular weight excluding hydrogens is 306 g/mol. The SMILES string of the molecule is O=C(Nc1ncccc1Br)C1Cc2ccccc2N1. The van der Waals surface area contributed by atoms with Crippen LogP contribution in [0.4, 0.5) is 11.5 Å². The molecule has 1 aliphatic rings. The molecule has 1 unspecified atom stereocenters. The highest BCUT2D eigenvalue weighted by atomic mass is 79.9. The van der Waals surface area contributed by atoms with Crippen LogP contribution in [0.3, 0.4) is 0 Å². The number of nitrogens with one attached hydrogen (secondary N) is 2. The summed E-state index contributed by atoms with van der Waals surface area (Å²) < 4.78 is 0.777. The first kappa shape index (κ1) is 12.2. The number of halogens is 1. The summed E-state index contributed by atoms with van der Waals surface area (Å²) in [5, 5.41) is 6.05. The number of hydrogen-bond acceptors (Lipinski definition) is 3. The maximum absolute atomic E-state index is 12.2. The van der Waals surface area contributed by atoms with E-state index >= 15 is 0 Å². The molecule has 0 aliphatic carbocycles. The Morgan fingerprint density at radius 1 is 1.32 bits per heavy atom. The first-order chi connectivity index (χ1) is 9.24. The lowest BCUT2D eigenvalue weighted by atomic mass is 10.1. The standard InChI is InChI=1S/C14H12BrN3O/c15-10-5-3-7-16-13(10)18-14(19)12-8-9-4-1-2-6-11(9)17-12/h1-7,12,17H,8H2,(H,16,18,19). The summed E-state index contributed by atoms with van der Waals surface area (Å²) in [4.78, 5) is 16.3. The van der Waals surface area contributed by atoms with Crippen molar-refractivity contribution in [2.24, 2.45) is 0 Å². The third kappa shape index (κ3) is 2.46. The normalized spacial score (nSPS) is 16.6. The van der Waals surface area contributed by atoms with Gasteiger partial charge in [-0.05, 0) is 39.7 Å². The largest absolute Gasteiger partial charge is 0.373 e. The predicted molar refractivity (Wildman–Crippen MR) is 78.1 cm³/mol. The minimum absolute atomic E-state index is 0.0735. The first-order valence-corrected chi connectivity index (χ1v) is 6.79. The number of carbonyl (C=O) groups excluding carboxylic acids is 1. The van der Waals surface area contributed by atoms with Crippen molar-refractivity contribution < 1.29 is 4.79 Å². The molecule has 1 atom stereocenters. The van der Waals surface area contributed by atoms with E-state index in [4.69, 9.17) is 0 Å². The molecule has 2 N–H and O–H groups in total. The number of carbonyl (C=O) groups is 1. The van der Waals surface area contributed by atoms with Crippen molar-refractivity contribution in [2.75, 3.05) is 10.6 Å². The number of pyridine rings is 1. The topological polar surface area (TPSA) is 54.0 Å². The fraction of sp³-hybridized carbons (Fsp3) is 0.143. The van der Waals surface area contributed by atoms with Gasteiger partial charge in [-0.25, -0.2) is 4.98 Å². The van der Waals surface area contributed by atoms with Crippen LogP contribution in [0.1, 0.15) is 5.56 Å². The average molecular weight is 318 g/mol. The zero-order valence-electron chi connectivity index (χ0n) is 10.1. The average Bonchev–Trinajstić information content (AvgIpc) is 2.85. The van der Waals surface area contributed by atoms with Gasteiger partial charge in [0.05, 0.1) is 4.47 Å². The third-order valence-corrected chi connectivity index (χ3v) is 3.73. The van der Waals surface area contributed by atoms with Crippen LogP contribution in [-0.2, 0) is 11.2 Å². The summed E-state index contributed by atoms with van der Waals surface area (Å²) in [5.41, 5.74) is 2.20. The number of amides is 1. The molecule has 1 aromatic carbocycles. The Kier molecular flexibility index (Phi) is 3.21. The van der Waals surface area contributed by atoms with Crippen LogP contribution in [0.5, 0.6) is 0 Å². The molecule has 3 rings (SSSR count). The van der Waals surface area contributed by atoms with E-state index in [1.54, 1.807) is 6.20 Å². The number of rotatable bonds is 2. The van der Waals surface area contributed by atoms with Gasteiger partial charge >= 0.3 is 0 Å². The number of anilines is 2. The second-order valence-electron chi connectivity index (χ2n) is 4.38. The number of aromatic nitrogens is 1. The Hall–Kier alpha value is -1.88. The Morgan fingerprint density at radius 3 is 2.95 bits per heavy atom. The van der Waals surface area contributed by atoms with Crippen LogP contribution < -0.4 is 10.6 Å². The van der Waals surface area contributed by atoms with Crippen molar-refractivity contribution in [1.29, 1.82) is 0 Å². The van der Waals surface area contributed by atoms with Gasteiger partial charge < -0.3 is 10.6 Å². The molecule has 19 heavy (non-hydrogen) atoms. The molecule has 96 valence electrons. The summed E-state index contributed by atoms with van der Waals surface area (Å²) in [6, 6.07) is 11.4. The smallest absolute Gasteiger partial charge is 0.248 e. The van der Waals surface area contributed by atoms with E-state index in [-0.39, 0.29) is 11.9 Å². The van der Waals surface area contributed by atoms with Crippen LogP contribution in [0.25, 0.3) is 0 Å². The van der Waals surface area contributed by atoms with Gasteiger partial charge in [0, 0.05) is 18.3 Å². The van der Waals surface area contributed by atoms with Gasteiger partial charge in [-0.15, -0.1) is 0 Å². The molecule has 5 heteroatoms. The summed E-state index contributed by atoms with van der Waals surface area (Å²) in [6.45, 7) is 0. The minimum atomic E-state index is -0.244. The lowest BCUT2D eigenvalue weighted by Crippen LogP contribution is -2.33. The minimum Gasteiger partial charge on any atom is -0.373 e. The molecule has 2 aromatic rings. The zero-order chi connectivity index (χ0) is 13.2. The lowest BCUT2D eigenvalue weighted by molar-refractivity contribution is -0.116. The van der Waals surface area contributed by atoms with Crippen LogP contribution in [0.15, 0.2) is 47.1 Å². The number of hydrogen-bond donors (Lipinski definition) is 2. The Labute approximate surface area is 119 Å². The lowest BCUT2D eigenvalue weighted by Gasteiger charge is -2.12. The van der Waals surface area contributed by atoms with Gasteiger partial charge in [0.25, 0.3) is 0 Å². The third-order valence-electron chi connectivity index (χ3n) is 3.09. The van der Waals surface area contributed by atoms with Crippen LogP contribution >= 0.6 is 15.9 Å². The van der Waals surface area contributed by atoms with Crippen molar-refractivity contribution in [2.45, 2.75) is 12.5 Å². The molecule has 2 heterocycles. The molecule has 4 nitrogen and oxygen atoms in total. The van der Waals surface area contributed by atoms with Crippen LogP contribution in [-0.4, -0.2) is 16.9 Å². The zero-order valence-corrected chi connectivity index (χ0v) is 11.6. The summed E-state index contributed by atoms with van der Waals surface area (Å²) >= 11 is 3.36. The summed E-state index contributed by atoms with van der Waals surface area (Å²) in [6.07, 6.45) is 2.35. The second kappa shape index (κ2) is 5.01. The van der Waals surface area contributed by atoms with Crippen molar-refractivity contribution in [3.05, 3.63) is 52.6 Å². The van der Waals surface area contributed by atoms with Crippen LogP contribution in [0, 0.1) is 0 Å². The molecule has 0 saturated carbocycles. The molecule has 1 aromatic heterocycles. The highest BCUT2D eigenvalue weighted by molar-refractivity contribution is 9.10.